The highest BCUT2D eigenvalue weighted by atomic mass is 14.9. The smallest absolute Gasteiger partial charge is 0.0494 e. The SMILES string of the molecule is c1ccc(C2=C3Nc4c(ccc5ccccc45)CC3Cc3ccccc32)cc1. The molecule has 134 valence electrons. The number of hydrogen-bond donors (Lipinski definition) is 1. The highest BCUT2D eigenvalue weighted by molar-refractivity contribution is 5.98. The summed E-state index contributed by atoms with van der Waals surface area (Å²) in [6.45, 7) is 0. The molecule has 0 spiro atoms. The average Bonchev–Trinajstić information content (AvgIpc) is 2.76. The van der Waals surface area contributed by atoms with Gasteiger partial charge in [0.15, 0.2) is 0 Å². The van der Waals surface area contributed by atoms with Crippen LogP contribution in [0.2, 0.25) is 0 Å². The van der Waals surface area contributed by atoms with Crippen molar-refractivity contribution in [2.45, 2.75) is 12.8 Å². The molecular formula is C27H21N. The van der Waals surface area contributed by atoms with Gasteiger partial charge in [-0.25, -0.2) is 0 Å². The molecule has 1 atom stereocenters. The van der Waals surface area contributed by atoms with Crippen molar-refractivity contribution in [2.24, 2.45) is 5.92 Å². The van der Waals surface area contributed by atoms with Crippen LogP contribution in [-0.2, 0) is 12.8 Å². The monoisotopic (exact) mass is 359 g/mol. The number of benzene rings is 4. The minimum atomic E-state index is 0.499. The molecule has 2 aliphatic rings. The van der Waals surface area contributed by atoms with Crippen molar-refractivity contribution in [2.75, 3.05) is 5.32 Å². The van der Waals surface area contributed by atoms with Gasteiger partial charge in [0, 0.05) is 28.3 Å². The first-order valence-electron chi connectivity index (χ1n) is 10.0. The summed E-state index contributed by atoms with van der Waals surface area (Å²) in [5.74, 6) is 0.499. The van der Waals surface area contributed by atoms with Crippen molar-refractivity contribution < 1.29 is 0 Å². The van der Waals surface area contributed by atoms with E-state index in [1.165, 1.54) is 50.0 Å². The Hall–Kier alpha value is -3.32. The lowest BCUT2D eigenvalue weighted by Crippen LogP contribution is -2.28. The molecule has 0 amide bonds. The van der Waals surface area contributed by atoms with E-state index in [-0.39, 0.29) is 0 Å². The quantitative estimate of drug-likeness (QED) is 0.412. The summed E-state index contributed by atoms with van der Waals surface area (Å²) in [4.78, 5) is 0. The van der Waals surface area contributed by atoms with Crippen LogP contribution < -0.4 is 5.32 Å². The number of allylic oxidation sites excluding steroid dienone is 1. The Morgan fingerprint density at radius 1 is 0.643 bits per heavy atom. The molecule has 0 saturated heterocycles. The second kappa shape index (κ2) is 6.10. The van der Waals surface area contributed by atoms with Gasteiger partial charge in [-0.2, -0.15) is 0 Å². The molecular weight excluding hydrogens is 338 g/mol. The van der Waals surface area contributed by atoms with E-state index in [9.17, 15) is 0 Å². The molecule has 1 unspecified atom stereocenters. The first-order valence-corrected chi connectivity index (χ1v) is 10.0. The Morgan fingerprint density at radius 3 is 2.32 bits per heavy atom. The zero-order chi connectivity index (χ0) is 18.5. The molecule has 1 nitrogen and oxygen atoms in total. The number of hydrogen-bond acceptors (Lipinski definition) is 1. The van der Waals surface area contributed by atoms with Crippen LogP contribution in [0.15, 0.2) is 96.7 Å². The van der Waals surface area contributed by atoms with E-state index in [2.05, 4.69) is 96.3 Å². The van der Waals surface area contributed by atoms with Gasteiger partial charge < -0.3 is 5.32 Å². The van der Waals surface area contributed by atoms with Crippen molar-refractivity contribution in [3.63, 3.8) is 0 Å². The van der Waals surface area contributed by atoms with E-state index in [0.717, 1.165) is 12.8 Å². The molecule has 6 rings (SSSR count). The molecule has 0 fully saturated rings. The summed E-state index contributed by atoms with van der Waals surface area (Å²) in [5, 5.41) is 6.52. The van der Waals surface area contributed by atoms with Gasteiger partial charge in [-0.1, -0.05) is 91.0 Å². The largest absolute Gasteiger partial charge is 0.357 e. The standard InChI is InChI=1S/C27H21N/c1-2-9-19(10-3-1)25-23-12-6-5-11-20(23)16-22-17-21-15-14-18-8-4-7-13-24(18)26(21)28-27(22)25/h1-15,22,28H,16-17H2. The summed E-state index contributed by atoms with van der Waals surface area (Å²) in [5.41, 5.74) is 9.60. The van der Waals surface area contributed by atoms with E-state index in [4.69, 9.17) is 0 Å². The van der Waals surface area contributed by atoms with Crippen LogP contribution in [-0.4, -0.2) is 0 Å². The number of fused-ring (bicyclic) bond motifs is 5. The van der Waals surface area contributed by atoms with Crippen molar-refractivity contribution >= 4 is 22.0 Å². The molecule has 4 aromatic carbocycles. The second-order valence-electron chi connectivity index (χ2n) is 7.86. The lowest BCUT2D eigenvalue weighted by molar-refractivity contribution is 0.591. The van der Waals surface area contributed by atoms with Crippen molar-refractivity contribution in [3.05, 3.63) is 119 Å². The molecule has 0 saturated carbocycles. The zero-order valence-electron chi connectivity index (χ0n) is 15.7. The number of rotatable bonds is 1. The van der Waals surface area contributed by atoms with Crippen molar-refractivity contribution in [1.29, 1.82) is 0 Å². The first-order chi connectivity index (χ1) is 13.9. The Labute approximate surface area is 165 Å². The molecule has 1 N–H and O–H groups in total. The van der Waals surface area contributed by atoms with E-state index >= 15 is 0 Å². The molecule has 1 aliphatic carbocycles. The van der Waals surface area contributed by atoms with Crippen LogP contribution in [0.25, 0.3) is 16.3 Å². The molecule has 0 radical (unpaired) electrons. The predicted molar refractivity (Wildman–Crippen MR) is 117 cm³/mol. The zero-order valence-corrected chi connectivity index (χ0v) is 15.7. The van der Waals surface area contributed by atoms with Crippen LogP contribution in [0.3, 0.4) is 0 Å². The number of anilines is 1. The molecule has 1 heteroatoms. The van der Waals surface area contributed by atoms with Gasteiger partial charge in [0.1, 0.15) is 0 Å². The van der Waals surface area contributed by atoms with Crippen LogP contribution in [0, 0.1) is 5.92 Å². The topological polar surface area (TPSA) is 12.0 Å². The Kier molecular flexibility index (Phi) is 3.42. The van der Waals surface area contributed by atoms with Crippen molar-refractivity contribution in [3.8, 4) is 0 Å². The van der Waals surface area contributed by atoms with Gasteiger partial charge in [-0.15, -0.1) is 0 Å². The third-order valence-electron chi connectivity index (χ3n) is 6.23. The van der Waals surface area contributed by atoms with Gasteiger partial charge >= 0.3 is 0 Å². The fourth-order valence-electron chi connectivity index (χ4n) is 4.95. The molecule has 1 heterocycles. The number of nitrogens with one attached hydrogen (secondary N) is 1. The lowest BCUT2D eigenvalue weighted by Gasteiger charge is -2.36. The maximum Gasteiger partial charge on any atom is 0.0494 e. The van der Waals surface area contributed by atoms with Crippen LogP contribution in [0.4, 0.5) is 5.69 Å². The molecule has 1 aliphatic heterocycles. The lowest BCUT2D eigenvalue weighted by atomic mass is 9.75. The van der Waals surface area contributed by atoms with E-state index in [1.807, 2.05) is 0 Å². The van der Waals surface area contributed by atoms with Crippen LogP contribution >= 0.6 is 0 Å². The third-order valence-corrected chi connectivity index (χ3v) is 6.23. The molecule has 4 aromatic rings. The normalized spacial score (nSPS) is 17.5. The van der Waals surface area contributed by atoms with E-state index < -0.39 is 0 Å². The Morgan fingerprint density at radius 2 is 1.39 bits per heavy atom. The van der Waals surface area contributed by atoms with Gasteiger partial charge in [-0.3, -0.25) is 0 Å². The van der Waals surface area contributed by atoms with Gasteiger partial charge in [-0.05, 0) is 40.5 Å². The fraction of sp³-hybridized carbons (Fsp3) is 0.111. The Bertz CT molecular complexity index is 1230. The van der Waals surface area contributed by atoms with Gasteiger partial charge in [0.25, 0.3) is 0 Å². The van der Waals surface area contributed by atoms with E-state index in [0.29, 0.717) is 5.92 Å². The summed E-state index contributed by atoms with van der Waals surface area (Å²) in [6.07, 6.45) is 2.19. The van der Waals surface area contributed by atoms with Crippen LogP contribution in [0.1, 0.15) is 22.3 Å². The summed E-state index contributed by atoms with van der Waals surface area (Å²) < 4.78 is 0. The minimum absolute atomic E-state index is 0.499. The minimum Gasteiger partial charge on any atom is -0.357 e. The first kappa shape index (κ1) is 15.7. The van der Waals surface area contributed by atoms with Gasteiger partial charge in [0.05, 0.1) is 0 Å². The maximum atomic E-state index is 3.91. The van der Waals surface area contributed by atoms with E-state index in [1.54, 1.807) is 0 Å². The molecule has 28 heavy (non-hydrogen) atoms. The highest BCUT2D eigenvalue weighted by Crippen LogP contribution is 2.45. The summed E-state index contributed by atoms with van der Waals surface area (Å²) in [6, 6.07) is 33.0. The summed E-state index contributed by atoms with van der Waals surface area (Å²) >= 11 is 0. The third kappa shape index (κ3) is 2.33. The Balaban J connectivity index is 1.63. The van der Waals surface area contributed by atoms with Gasteiger partial charge in [0.2, 0.25) is 0 Å². The maximum absolute atomic E-state index is 3.91. The fourth-order valence-corrected chi connectivity index (χ4v) is 4.95. The molecule has 0 bridgehead atoms. The summed E-state index contributed by atoms with van der Waals surface area (Å²) in [7, 11) is 0. The molecule has 0 aromatic heterocycles. The van der Waals surface area contributed by atoms with Crippen molar-refractivity contribution in [1.82, 2.24) is 0 Å². The average molecular weight is 359 g/mol. The predicted octanol–water partition coefficient (Wildman–Crippen LogP) is 6.44. The highest BCUT2D eigenvalue weighted by Gasteiger charge is 2.32. The second-order valence-corrected chi connectivity index (χ2v) is 7.86. The van der Waals surface area contributed by atoms with Crippen LogP contribution in [0.5, 0.6) is 0 Å².